The van der Waals surface area contributed by atoms with Crippen molar-refractivity contribution in [2.24, 2.45) is 0 Å². The summed E-state index contributed by atoms with van der Waals surface area (Å²) in [5.74, 6) is 0.584. The predicted octanol–water partition coefficient (Wildman–Crippen LogP) is 5.12. The molecule has 3 heterocycles. The molecule has 0 fully saturated rings. The SMILES string of the molecule is C/C=C\c1cc(NCc2ccc(-c3ccccc3-c3nn[nH]n3)cc2)c2ncccc2n1. The fourth-order valence-electron chi connectivity index (χ4n) is 3.68. The van der Waals surface area contributed by atoms with Crippen molar-refractivity contribution in [3.8, 4) is 22.5 Å². The number of nitrogens with one attached hydrogen (secondary N) is 2. The normalized spacial score (nSPS) is 11.3. The first-order chi connectivity index (χ1) is 15.8. The minimum atomic E-state index is 0.584. The van der Waals surface area contributed by atoms with E-state index in [1.807, 2.05) is 55.5 Å². The number of rotatable bonds is 6. The van der Waals surface area contributed by atoms with Crippen molar-refractivity contribution in [3.63, 3.8) is 0 Å². The first-order valence-electron chi connectivity index (χ1n) is 10.4. The minimum absolute atomic E-state index is 0.584. The Labute approximate surface area is 185 Å². The summed E-state index contributed by atoms with van der Waals surface area (Å²) in [6.45, 7) is 2.67. The van der Waals surface area contributed by atoms with Crippen LogP contribution in [0.2, 0.25) is 0 Å². The van der Waals surface area contributed by atoms with Crippen LogP contribution in [0.15, 0.2) is 79.0 Å². The molecule has 0 unspecified atom stereocenters. The van der Waals surface area contributed by atoms with Crippen molar-refractivity contribution < 1.29 is 0 Å². The third kappa shape index (κ3) is 3.96. The van der Waals surface area contributed by atoms with Gasteiger partial charge in [0.2, 0.25) is 5.82 Å². The first-order valence-corrected chi connectivity index (χ1v) is 10.4. The fourth-order valence-corrected chi connectivity index (χ4v) is 3.68. The summed E-state index contributed by atoms with van der Waals surface area (Å²) in [7, 11) is 0. The molecule has 3 aromatic heterocycles. The van der Waals surface area contributed by atoms with E-state index in [0.29, 0.717) is 12.4 Å². The number of hydrogen-bond donors (Lipinski definition) is 2. The van der Waals surface area contributed by atoms with E-state index in [0.717, 1.165) is 39.1 Å². The third-order valence-corrected chi connectivity index (χ3v) is 5.18. The van der Waals surface area contributed by atoms with Crippen LogP contribution in [-0.4, -0.2) is 30.6 Å². The van der Waals surface area contributed by atoms with E-state index < -0.39 is 0 Å². The Balaban J connectivity index is 1.39. The van der Waals surface area contributed by atoms with Gasteiger partial charge in [-0.3, -0.25) is 4.98 Å². The number of allylic oxidation sites excluding steroid dienone is 1. The molecule has 0 atom stereocenters. The maximum Gasteiger partial charge on any atom is 0.205 e. The minimum Gasteiger partial charge on any atom is -0.379 e. The summed E-state index contributed by atoms with van der Waals surface area (Å²) >= 11 is 0. The number of aromatic nitrogens is 6. The number of hydrogen-bond acceptors (Lipinski definition) is 6. The van der Waals surface area contributed by atoms with E-state index in [4.69, 9.17) is 0 Å². The van der Waals surface area contributed by atoms with Crippen LogP contribution in [0.25, 0.3) is 39.6 Å². The van der Waals surface area contributed by atoms with Crippen LogP contribution in [-0.2, 0) is 6.54 Å². The zero-order valence-corrected chi connectivity index (χ0v) is 17.5. The molecule has 0 saturated carbocycles. The van der Waals surface area contributed by atoms with Gasteiger partial charge in [-0.15, -0.1) is 10.2 Å². The maximum atomic E-state index is 4.65. The quantitative estimate of drug-likeness (QED) is 0.397. The molecule has 156 valence electrons. The van der Waals surface area contributed by atoms with Gasteiger partial charge in [-0.1, -0.05) is 54.6 Å². The van der Waals surface area contributed by atoms with Crippen molar-refractivity contribution >= 4 is 22.8 Å². The van der Waals surface area contributed by atoms with E-state index in [1.54, 1.807) is 6.20 Å². The van der Waals surface area contributed by atoms with Crippen molar-refractivity contribution in [1.29, 1.82) is 0 Å². The van der Waals surface area contributed by atoms with Crippen molar-refractivity contribution in [1.82, 2.24) is 30.6 Å². The molecule has 2 N–H and O–H groups in total. The average Bonchev–Trinajstić information content (AvgIpc) is 3.38. The number of nitrogens with zero attached hydrogens (tertiary/aromatic N) is 5. The van der Waals surface area contributed by atoms with Crippen molar-refractivity contribution in [2.45, 2.75) is 13.5 Å². The Bertz CT molecular complexity index is 1370. The predicted molar refractivity (Wildman–Crippen MR) is 127 cm³/mol. The second kappa shape index (κ2) is 8.77. The van der Waals surface area contributed by atoms with E-state index >= 15 is 0 Å². The number of fused-ring (bicyclic) bond motifs is 1. The molecule has 0 radical (unpaired) electrons. The Morgan fingerprint density at radius 2 is 1.81 bits per heavy atom. The molecule has 0 spiro atoms. The summed E-state index contributed by atoms with van der Waals surface area (Å²) in [5, 5.41) is 18.0. The largest absolute Gasteiger partial charge is 0.379 e. The Kier molecular flexibility index (Phi) is 5.36. The molecule has 0 aliphatic carbocycles. The molecule has 5 aromatic rings. The third-order valence-electron chi connectivity index (χ3n) is 5.18. The summed E-state index contributed by atoms with van der Waals surface area (Å²) < 4.78 is 0. The first kappa shape index (κ1) is 19.6. The molecular formula is C25H21N7. The zero-order chi connectivity index (χ0) is 21.8. The fraction of sp³-hybridized carbons (Fsp3) is 0.0800. The molecule has 32 heavy (non-hydrogen) atoms. The average molecular weight is 419 g/mol. The molecule has 0 aliphatic rings. The van der Waals surface area contributed by atoms with Gasteiger partial charge < -0.3 is 5.32 Å². The molecule has 0 amide bonds. The van der Waals surface area contributed by atoms with Gasteiger partial charge in [-0.05, 0) is 53.1 Å². The van der Waals surface area contributed by atoms with Gasteiger partial charge in [0.25, 0.3) is 0 Å². The van der Waals surface area contributed by atoms with E-state index in [2.05, 4.69) is 66.2 Å². The number of tetrazole rings is 1. The number of H-pyrrole nitrogens is 1. The number of benzene rings is 2. The van der Waals surface area contributed by atoms with Gasteiger partial charge in [0, 0.05) is 18.3 Å². The van der Waals surface area contributed by atoms with Crippen LogP contribution in [0.1, 0.15) is 18.2 Å². The van der Waals surface area contributed by atoms with Crippen LogP contribution >= 0.6 is 0 Å². The van der Waals surface area contributed by atoms with Gasteiger partial charge in [0.1, 0.15) is 5.52 Å². The van der Waals surface area contributed by atoms with Gasteiger partial charge in [0.05, 0.1) is 16.9 Å². The van der Waals surface area contributed by atoms with Crippen LogP contribution in [0.5, 0.6) is 0 Å². The lowest BCUT2D eigenvalue weighted by atomic mass is 9.98. The lowest BCUT2D eigenvalue weighted by Gasteiger charge is -2.11. The summed E-state index contributed by atoms with van der Waals surface area (Å²) in [4.78, 5) is 9.16. The molecule has 0 bridgehead atoms. The van der Waals surface area contributed by atoms with Crippen LogP contribution < -0.4 is 5.32 Å². The lowest BCUT2D eigenvalue weighted by molar-refractivity contribution is 0.881. The number of anilines is 1. The highest BCUT2D eigenvalue weighted by Gasteiger charge is 2.11. The summed E-state index contributed by atoms with van der Waals surface area (Å²) in [6, 6.07) is 22.5. The second-order valence-electron chi connectivity index (χ2n) is 7.30. The molecule has 7 nitrogen and oxygen atoms in total. The second-order valence-corrected chi connectivity index (χ2v) is 7.30. The molecule has 7 heteroatoms. The van der Waals surface area contributed by atoms with Crippen LogP contribution in [0, 0.1) is 0 Å². The monoisotopic (exact) mass is 419 g/mol. The smallest absolute Gasteiger partial charge is 0.205 e. The highest BCUT2D eigenvalue weighted by molar-refractivity contribution is 5.88. The Morgan fingerprint density at radius 1 is 0.969 bits per heavy atom. The van der Waals surface area contributed by atoms with Crippen LogP contribution in [0.3, 0.4) is 0 Å². The van der Waals surface area contributed by atoms with E-state index in [1.165, 1.54) is 5.56 Å². The van der Waals surface area contributed by atoms with Crippen LogP contribution in [0.4, 0.5) is 5.69 Å². The maximum absolute atomic E-state index is 4.65. The Morgan fingerprint density at radius 3 is 2.59 bits per heavy atom. The van der Waals surface area contributed by atoms with Crippen molar-refractivity contribution in [3.05, 3.63) is 90.3 Å². The molecule has 0 saturated heterocycles. The Hall–Kier alpha value is -4.39. The zero-order valence-electron chi connectivity index (χ0n) is 17.5. The van der Waals surface area contributed by atoms with Gasteiger partial charge in [-0.25, -0.2) is 4.98 Å². The molecule has 5 rings (SSSR count). The topological polar surface area (TPSA) is 92.3 Å². The molecule has 0 aliphatic heterocycles. The molecule has 2 aromatic carbocycles. The molecular weight excluding hydrogens is 398 g/mol. The van der Waals surface area contributed by atoms with Gasteiger partial charge in [-0.2, -0.15) is 5.21 Å². The van der Waals surface area contributed by atoms with Gasteiger partial charge >= 0.3 is 0 Å². The van der Waals surface area contributed by atoms with E-state index in [-0.39, 0.29) is 0 Å². The van der Waals surface area contributed by atoms with E-state index in [9.17, 15) is 0 Å². The number of pyridine rings is 2. The van der Waals surface area contributed by atoms with Gasteiger partial charge in [0.15, 0.2) is 0 Å². The number of aromatic amines is 1. The summed E-state index contributed by atoms with van der Waals surface area (Å²) in [6.07, 6.45) is 5.77. The lowest BCUT2D eigenvalue weighted by Crippen LogP contribution is -2.02. The highest BCUT2D eigenvalue weighted by Crippen LogP contribution is 2.30. The standard InChI is InChI=1S/C25H21N7/c1-2-6-19-15-23(24-22(28-19)9-5-14-26-24)27-16-17-10-12-18(13-11-17)20-7-3-4-8-21(20)25-29-31-32-30-25/h2-15H,16H2,1H3,(H,27,28)(H,29,30,31,32)/b6-2-. The summed E-state index contributed by atoms with van der Waals surface area (Å²) in [5.41, 5.74) is 7.89. The van der Waals surface area contributed by atoms with Crippen molar-refractivity contribution in [2.75, 3.05) is 5.32 Å². The highest BCUT2D eigenvalue weighted by atomic mass is 15.5.